The van der Waals surface area contributed by atoms with Crippen molar-refractivity contribution in [2.45, 2.75) is 39.5 Å². The van der Waals surface area contributed by atoms with Crippen molar-refractivity contribution >= 4 is 0 Å². The summed E-state index contributed by atoms with van der Waals surface area (Å²) in [5.74, 6) is 1.92. The molecule has 2 rings (SSSR count). The highest BCUT2D eigenvalue weighted by atomic mass is 16.5. The van der Waals surface area contributed by atoms with Crippen molar-refractivity contribution in [1.82, 2.24) is 0 Å². The third kappa shape index (κ3) is 3.24. The van der Waals surface area contributed by atoms with Crippen LogP contribution in [0, 0.1) is 0 Å². The van der Waals surface area contributed by atoms with Crippen LogP contribution in [0.5, 0.6) is 11.5 Å². The molecule has 1 aromatic carbocycles. The van der Waals surface area contributed by atoms with Gasteiger partial charge < -0.3 is 9.47 Å². The summed E-state index contributed by atoms with van der Waals surface area (Å²) in [4.78, 5) is 0. The zero-order chi connectivity index (χ0) is 14.5. The molecule has 108 valence electrons. The first kappa shape index (κ1) is 14.7. The van der Waals surface area contributed by atoms with Crippen molar-refractivity contribution in [3.05, 3.63) is 46.6 Å². The van der Waals surface area contributed by atoms with E-state index in [1.165, 1.54) is 22.3 Å². The Bertz CT molecular complexity index is 539. The summed E-state index contributed by atoms with van der Waals surface area (Å²) in [6.45, 7) is 4.40. The summed E-state index contributed by atoms with van der Waals surface area (Å²) in [5, 5.41) is 0. The molecule has 0 atom stereocenters. The van der Waals surface area contributed by atoms with Gasteiger partial charge >= 0.3 is 0 Å². The van der Waals surface area contributed by atoms with Gasteiger partial charge in [-0.2, -0.15) is 0 Å². The van der Waals surface area contributed by atoms with Gasteiger partial charge in [0.1, 0.15) is 11.5 Å². The van der Waals surface area contributed by atoms with E-state index in [1.54, 1.807) is 14.2 Å². The maximum atomic E-state index is 5.55. The smallest absolute Gasteiger partial charge is 0.122 e. The molecule has 0 bridgehead atoms. The van der Waals surface area contributed by atoms with Crippen molar-refractivity contribution in [2.75, 3.05) is 14.2 Å². The topological polar surface area (TPSA) is 18.5 Å². The van der Waals surface area contributed by atoms with Crippen LogP contribution < -0.4 is 9.47 Å². The Morgan fingerprint density at radius 2 is 1.50 bits per heavy atom. The average Bonchev–Trinajstić information content (AvgIpc) is 2.45. The van der Waals surface area contributed by atoms with Crippen molar-refractivity contribution in [2.24, 2.45) is 0 Å². The predicted molar refractivity (Wildman–Crippen MR) is 83.7 cm³/mol. The van der Waals surface area contributed by atoms with E-state index in [0.29, 0.717) is 0 Å². The summed E-state index contributed by atoms with van der Waals surface area (Å²) in [5.41, 5.74) is 5.34. The Balaban J connectivity index is 2.56. The number of hydrogen-bond acceptors (Lipinski definition) is 2. The average molecular weight is 272 g/mol. The number of rotatable bonds is 2. The first-order valence-corrected chi connectivity index (χ1v) is 7.19. The van der Waals surface area contributed by atoms with Crippen LogP contribution in [0.25, 0.3) is 0 Å². The zero-order valence-corrected chi connectivity index (χ0v) is 13.0. The number of methoxy groups -OCH3 is 2. The summed E-state index contributed by atoms with van der Waals surface area (Å²) >= 11 is 0. The standard InChI is InChI=1S/C18H24O2/c1-13-6-5-7-14(2)12-16-15(9-8-13)17(19-3)10-11-18(16)20-4/h7-8,10-11H,5-6,9,12H2,1-4H3/b13-8+,14-7-. The SMILES string of the molecule is COc1ccc(OC)c2c1C/C=C(\C)CC/C=C(/C)C2. The second kappa shape index (κ2) is 6.65. The Hall–Kier alpha value is -1.70. The fraction of sp³-hybridized carbons (Fsp3) is 0.444. The van der Waals surface area contributed by atoms with E-state index in [9.17, 15) is 0 Å². The zero-order valence-electron chi connectivity index (χ0n) is 13.0. The van der Waals surface area contributed by atoms with Crippen LogP contribution in [-0.2, 0) is 12.8 Å². The van der Waals surface area contributed by atoms with E-state index < -0.39 is 0 Å². The van der Waals surface area contributed by atoms with Gasteiger partial charge in [-0.25, -0.2) is 0 Å². The lowest BCUT2D eigenvalue weighted by molar-refractivity contribution is 0.396. The number of hydrogen-bond donors (Lipinski definition) is 0. The Kier molecular flexibility index (Phi) is 4.89. The molecule has 1 aliphatic rings. The molecule has 0 aromatic heterocycles. The van der Waals surface area contributed by atoms with Gasteiger partial charge in [-0.3, -0.25) is 0 Å². The maximum Gasteiger partial charge on any atom is 0.122 e. The van der Waals surface area contributed by atoms with E-state index in [-0.39, 0.29) is 0 Å². The lowest BCUT2D eigenvalue weighted by Gasteiger charge is -2.18. The number of allylic oxidation sites excluding steroid dienone is 4. The molecule has 1 aromatic rings. The summed E-state index contributed by atoms with van der Waals surface area (Å²) in [6, 6.07) is 4.01. The second-order valence-corrected chi connectivity index (χ2v) is 5.45. The monoisotopic (exact) mass is 272 g/mol. The Labute approximate surface area is 122 Å². The third-order valence-electron chi connectivity index (χ3n) is 3.93. The molecule has 2 nitrogen and oxygen atoms in total. The molecular weight excluding hydrogens is 248 g/mol. The van der Waals surface area contributed by atoms with Gasteiger partial charge in [0.05, 0.1) is 14.2 Å². The summed E-state index contributed by atoms with van der Waals surface area (Å²) in [7, 11) is 3.47. The lowest BCUT2D eigenvalue weighted by atomic mass is 9.93. The molecule has 0 fully saturated rings. The van der Waals surface area contributed by atoms with Gasteiger partial charge in [0.2, 0.25) is 0 Å². The Morgan fingerprint density at radius 3 is 2.15 bits per heavy atom. The van der Waals surface area contributed by atoms with Crippen LogP contribution in [0.1, 0.15) is 37.8 Å². The highest BCUT2D eigenvalue weighted by Crippen LogP contribution is 2.33. The van der Waals surface area contributed by atoms with Gasteiger partial charge in [0.15, 0.2) is 0 Å². The van der Waals surface area contributed by atoms with Crippen molar-refractivity contribution in [3.63, 3.8) is 0 Å². The number of ether oxygens (including phenoxy) is 2. The molecule has 0 aliphatic heterocycles. The van der Waals surface area contributed by atoms with Crippen LogP contribution in [0.2, 0.25) is 0 Å². The van der Waals surface area contributed by atoms with E-state index in [4.69, 9.17) is 9.47 Å². The van der Waals surface area contributed by atoms with Crippen LogP contribution in [0.4, 0.5) is 0 Å². The molecule has 0 heterocycles. The van der Waals surface area contributed by atoms with E-state index >= 15 is 0 Å². The fourth-order valence-electron chi connectivity index (χ4n) is 2.73. The van der Waals surface area contributed by atoms with E-state index in [2.05, 4.69) is 26.0 Å². The number of fused-ring (bicyclic) bond motifs is 1. The molecule has 0 saturated heterocycles. The second-order valence-electron chi connectivity index (χ2n) is 5.45. The minimum absolute atomic E-state index is 0.912. The van der Waals surface area contributed by atoms with Gasteiger partial charge in [0.25, 0.3) is 0 Å². The molecule has 2 heteroatoms. The van der Waals surface area contributed by atoms with Gasteiger partial charge in [-0.05, 0) is 51.7 Å². The van der Waals surface area contributed by atoms with Crippen LogP contribution in [0.3, 0.4) is 0 Å². The normalized spacial score (nSPS) is 21.0. The molecule has 1 aliphatic carbocycles. The van der Waals surface area contributed by atoms with Crippen molar-refractivity contribution in [1.29, 1.82) is 0 Å². The van der Waals surface area contributed by atoms with Gasteiger partial charge in [-0.15, -0.1) is 0 Å². The molecule has 0 saturated carbocycles. The first-order valence-electron chi connectivity index (χ1n) is 7.19. The van der Waals surface area contributed by atoms with Crippen LogP contribution in [0.15, 0.2) is 35.4 Å². The molecule has 0 radical (unpaired) electrons. The van der Waals surface area contributed by atoms with Crippen LogP contribution >= 0.6 is 0 Å². The minimum Gasteiger partial charge on any atom is -0.496 e. The quantitative estimate of drug-likeness (QED) is 0.739. The third-order valence-corrected chi connectivity index (χ3v) is 3.93. The Morgan fingerprint density at radius 1 is 0.850 bits per heavy atom. The van der Waals surface area contributed by atoms with Crippen LogP contribution in [-0.4, -0.2) is 14.2 Å². The number of benzene rings is 1. The molecule has 0 unspecified atom stereocenters. The lowest BCUT2D eigenvalue weighted by Crippen LogP contribution is -2.03. The molecule has 0 N–H and O–H groups in total. The van der Waals surface area contributed by atoms with Crippen molar-refractivity contribution < 1.29 is 9.47 Å². The van der Waals surface area contributed by atoms with Gasteiger partial charge in [-0.1, -0.05) is 23.3 Å². The largest absolute Gasteiger partial charge is 0.496 e. The molecule has 0 amide bonds. The highest BCUT2D eigenvalue weighted by Gasteiger charge is 2.15. The van der Waals surface area contributed by atoms with E-state index in [0.717, 1.165) is 37.2 Å². The molecule has 0 spiro atoms. The fourth-order valence-corrected chi connectivity index (χ4v) is 2.73. The molecule has 20 heavy (non-hydrogen) atoms. The summed E-state index contributed by atoms with van der Waals surface area (Å²) < 4.78 is 11.1. The maximum absolute atomic E-state index is 5.55. The van der Waals surface area contributed by atoms with Gasteiger partial charge in [0, 0.05) is 11.1 Å². The highest BCUT2D eigenvalue weighted by molar-refractivity contribution is 5.51. The van der Waals surface area contributed by atoms with E-state index in [1.807, 2.05) is 12.1 Å². The van der Waals surface area contributed by atoms with Crippen molar-refractivity contribution in [3.8, 4) is 11.5 Å². The first-order chi connectivity index (χ1) is 9.65. The summed E-state index contributed by atoms with van der Waals surface area (Å²) in [6.07, 6.45) is 8.76. The minimum atomic E-state index is 0.912. The molecular formula is C18H24O2. The predicted octanol–water partition coefficient (Wildman–Crippen LogP) is 4.48.